The summed E-state index contributed by atoms with van der Waals surface area (Å²) in [6, 6.07) is 0. The molecule has 3 nitrogen and oxygen atoms in total. The third-order valence-electron chi connectivity index (χ3n) is 7.60. The fourth-order valence-electron chi connectivity index (χ4n) is 5.12. The van der Waals surface area contributed by atoms with Crippen LogP contribution in [0.25, 0.3) is 0 Å². The van der Waals surface area contributed by atoms with Crippen LogP contribution in [0.2, 0.25) is 0 Å². The lowest BCUT2D eigenvalue weighted by Crippen LogP contribution is -2.52. The quantitative estimate of drug-likeness (QED) is 0.131. The maximum Gasteiger partial charge on any atom is 0.145 e. The van der Waals surface area contributed by atoms with Gasteiger partial charge in [-0.25, -0.2) is 0 Å². The molecule has 186 valence electrons. The average molecular weight is 457 g/mol. The molecule has 2 N–H and O–H groups in total. The minimum atomic E-state index is -0.801. The minimum absolute atomic E-state index is 0.108. The predicted octanol–water partition coefficient (Wildman–Crippen LogP) is 7.42. The van der Waals surface area contributed by atoms with Crippen LogP contribution in [0, 0.1) is 11.3 Å². The first-order valence-electron chi connectivity index (χ1n) is 12.6. The van der Waals surface area contributed by atoms with E-state index in [0.717, 1.165) is 62.4 Å². The first-order chi connectivity index (χ1) is 15.5. The van der Waals surface area contributed by atoms with Gasteiger partial charge in [-0.15, -0.1) is 0 Å². The Morgan fingerprint density at radius 2 is 1.85 bits per heavy atom. The van der Waals surface area contributed by atoms with Gasteiger partial charge in [-0.3, -0.25) is 4.79 Å². The molecule has 1 saturated carbocycles. The summed E-state index contributed by atoms with van der Waals surface area (Å²) < 4.78 is 0. The Morgan fingerprint density at radius 1 is 1.15 bits per heavy atom. The molecule has 3 atom stereocenters. The summed E-state index contributed by atoms with van der Waals surface area (Å²) in [6.45, 7) is 16.7. The van der Waals surface area contributed by atoms with Gasteiger partial charge in [0.05, 0.1) is 5.60 Å². The van der Waals surface area contributed by atoms with Crippen molar-refractivity contribution >= 4 is 6.29 Å². The van der Waals surface area contributed by atoms with Crippen LogP contribution in [-0.4, -0.2) is 28.7 Å². The van der Waals surface area contributed by atoms with Crippen molar-refractivity contribution in [3.8, 4) is 0 Å². The third-order valence-corrected chi connectivity index (χ3v) is 7.60. The molecule has 3 heteroatoms. The molecule has 0 spiro atoms. The van der Waals surface area contributed by atoms with Crippen LogP contribution in [-0.2, 0) is 4.79 Å². The van der Waals surface area contributed by atoms with Gasteiger partial charge in [0, 0.05) is 12.0 Å². The zero-order valence-corrected chi connectivity index (χ0v) is 22.0. The van der Waals surface area contributed by atoms with Crippen molar-refractivity contribution in [2.75, 3.05) is 6.61 Å². The van der Waals surface area contributed by atoms with E-state index in [1.54, 1.807) is 0 Å². The summed E-state index contributed by atoms with van der Waals surface area (Å²) in [5.41, 5.74) is 4.63. The fraction of sp³-hybridized carbons (Fsp3) is 0.633. The summed E-state index contributed by atoms with van der Waals surface area (Å²) in [7, 11) is 0. The molecule has 0 bridgehead atoms. The first kappa shape index (κ1) is 29.3. The molecular weight excluding hydrogens is 408 g/mol. The zero-order chi connectivity index (χ0) is 25.1. The zero-order valence-electron chi connectivity index (χ0n) is 22.0. The van der Waals surface area contributed by atoms with Crippen molar-refractivity contribution < 1.29 is 15.0 Å². The van der Waals surface area contributed by atoms with Gasteiger partial charge >= 0.3 is 0 Å². The summed E-state index contributed by atoms with van der Waals surface area (Å²) in [4.78, 5) is 11.5. The molecule has 0 aromatic carbocycles. The summed E-state index contributed by atoms with van der Waals surface area (Å²) >= 11 is 0. The van der Waals surface area contributed by atoms with Crippen molar-refractivity contribution in [1.82, 2.24) is 0 Å². The van der Waals surface area contributed by atoms with Crippen molar-refractivity contribution in [2.24, 2.45) is 11.3 Å². The summed E-state index contributed by atoms with van der Waals surface area (Å²) in [5, 5.41) is 20.8. The normalized spacial score (nSPS) is 27.5. The SMILES string of the molecule is C=C(/C=C/C/C(C)=C/CC[C@@]1(C)[C@H](CCCO)/C(=C(/C)C=O)CC[C@]1(C)O)CCC=C(C)C. The van der Waals surface area contributed by atoms with E-state index in [2.05, 4.69) is 58.6 Å². The minimum Gasteiger partial charge on any atom is -0.396 e. The van der Waals surface area contributed by atoms with Crippen LogP contribution in [0.4, 0.5) is 0 Å². The van der Waals surface area contributed by atoms with Gasteiger partial charge in [-0.2, -0.15) is 0 Å². The van der Waals surface area contributed by atoms with Gasteiger partial charge < -0.3 is 10.2 Å². The smallest absolute Gasteiger partial charge is 0.145 e. The lowest BCUT2D eigenvalue weighted by molar-refractivity contribution is -0.115. The molecule has 33 heavy (non-hydrogen) atoms. The highest BCUT2D eigenvalue weighted by molar-refractivity contribution is 5.74. The fourth-order valence-corrected chi connectivity index (χ4v) is 5.12. The highest BCUT2D eigenvalue weighted by Gasteiger charge is 2.51. The molecule has 1 fully saturated rings. The van der Waals surface area contributed by atoms with E-state index in [0.29, 0.717) is 12.8 Å². The molecule has 0 saturated heterocycles. The van der Waals surface area contributed by atoms with E-state index in [9.17, 15) is 15.0 Å². The van der Waals surface area contributed by atoms with E-state index in [-0.39, 0.29) is 17.9 Å². The molecule has 1 aliphatic carbocycles. The lowest BCUT2D eigenvalue weighted by Gasteiger charge is -2.53. The Labute approximate surface area is 203 Å². The molecule has 0 amide bonds. The van der Waals surface area contributed by atoms with Crippen LogP contribution < -0.4 is 0 Å². The van der Waals surface area contributed by atoms with Crippen LogP contribution in [0.5, 0.6) is 0 Å². The van der Waals surface area contributed by atoms with E-state index in [1.165, 1.54) is 16.7 Å². The molecular formula is C30H48O3. The molecule has 0 aliphatic heterocycles. The van der Waals surface area contributed by atoms with Crippen molar-refractivity contribution in [3.05, 3.63) is 58.7 Å². The molecule has 1 rings (SSSR count). The van der Waals surface area contributed by atoms with Gasteiger partial charge in [-0.05, 0) is 104 Å². The largest absolute Gasteiger partial charge is 0.396 e. The second kappa shape index (κ2) is 13.9. The monoisotopic (exact) mass is 456 g/mol. The maximum absolute atomic E-state index is 11.5. The average Bonchev–Trinajstić information content (AvgIpc) is 2.74. The number of aliphatic hydroxyl groups excluding tert-OH is 1. The number of rotatable bonds is 13. The molecule has 1 aliphatic rings. The van der Waals surface area contributed by atoms with E-state index in [1.807, 2.05) is 13.8 Å². The third kappa shape index (κ3) is 8.87. The number of allylic oxidation sites excluding steroid dienone is 9. The number of aliphatic hydroxyl groups is 2. The standard InChI is InChI=1S/C30H48O3/c1-23(2)12-8-13-24(3)14-9-15-25(4)16-10-19-29(6)28(17-11-21-31)27(26(5)22-32)18-20-30(29,7)33/h9,12,14,16,22,28,31,33H,3,8,10-11,13,15,17-21H2,1-2,4-7H3/b14-9+,25-16+,27-26-/t28-,29+,30+/m1/s1. The van der Waals surface area contributed by atoms with Gasteiger partial charge in [-0.1, -0.05) is 60.1 Å². The lowest BCUT2D eigenvalue weighted by atomic mass is 9.54. The Hall–Kier alpha value is -1.71. The number of carbonyl (C=O) groups excluding carboxylic acids is 1. The van der Waals surface area contributed by atoms with Crippen LogP contribution in [0.15, 0.2) is 58.7 Å². The first-order valence-corrected chi connectivity index (χ1v) is 12.6. The van der Waals surface area contributed by atoms with Crippen LogP contribution in [0.3, 0.4) is 0 Å². The predicted molar refractivity (Wildman–Crippen MR) is 141 cm³/mol. The van der Waals surface area contributed by atoms with E-state index in [4.69, 9.17) is 0 Å². The Morgan fingerprint density at radius 3 is 2.45 bits per heavy atom. The van der Waals surface area contributed by atoms with Crippen LogP contribution in [0.1, 0.15) is 99.3 Å². The highest BCUT2D eigenvalue weighted by Crippen LogP contribution is 2.55. The van der Waals surface area contributed by atoms with Gasteiger partial charge in [0.2, 0.25) is 0 Å². The summed E-state index contributed by atoms with van der Waals surface area (Å²) in [6.07, 6.45) is 17.4. The molecule has 0 heterocycles. The molecule has 0 unspecified atom stereocenters. The second-order valence-corrected chi connectivity index (χ2v) is 10.6. The van der Waals surface area contributed by atoms with Crippen molar-refractivity contribution in [3.63, 3.8) is 0 Å². The van der Waals surface area contributed by atoms with E-state index >= 15 is 0 Å². The topological polar surface area (TPSA) is 57.5 Å². The highest BCUT2D eigenvalue weighted by atomic mass is 16.3. The molecule has 0 radical (unpaired) electrons. The van der Waals surface area contributed by atoms with Gasteiger partial charge in [0.25, 0.3) is 0 Å². The number of carbonyl (C=O) groups is 1. The number of aldehydes is 1. The second-order valence-electron chi connectivity index (χ2n) is 10.6. The Bertz CT molecular complexity index is 774. The van der Waals surface area contributed by atoms with Gasteiger partial charge in [0.15, 0.2) is 0 Å². The van der Waals surface area contributed by atoms with Crippen LogP contribution >= 0.6 is 0 Å². The summed E-state index contributed by atoms with van der Waals surface area (Å²) in [5.74, 6) is 0.108. The van der Waals surface area contributed by atoms with Gasteiger partial charge in [0.1, 0.15) is 6.29 Å². The molecule has 0 aromatic rings. The number of hydrogen-bond donors (Lipinski definition) is 2. The van der Waals surface area contributed by atoms with Crippen molar-refractivity contribution in [1.29, 1.82) is 0 Å². The Kier molecular flexibility index (Phi) is 12.3. The van der Waals surface area contributed by atoms with E-state index < -0.39 is 5.60 Å². The Balaban J connectivity index is 2.85. The number of hydrogen-bond acceptors (Lipinski definition) is 3. The maximum atomic E-state index is 11.5. The molecule has 0 aromatic heterocycles. The van der Waals surface area contributed by atoms with Crippen molar-refractivity contribution in [2.45, 2.75) is 105 Å².